The molecule has 0 radical (unpaired) electrons. The third-order valence-corrected chi connectivity index (χ3v) is 3.32. The smallest absolute Gasteiger partial charge is 0.405 e. The minimum atomic E-state index is -4.69. The van der Waals surface area contributed by atoms with E-state index in [1.54, 1.807) is 19.2 Å². The van der Waals surface area contributed by atoms with E-state index >= 15 is 0 Å². The molecule has 6 heteroatoms. The third kappa shape index (κ3) is 3.48. The molecule has 2 rings (SSSR count). The summed E-state index contributed by atoms with van der Waals surface area (Å²) < 4.78 is 41.2. The van der Waals surface area contributed by atoms with Gasteiger partial charge in [-0.05, 0) is 35.5 Å². The van der Waals surface area contributed by atoms with E-state index in [-0.39, 0.29) is 11.8 Å². The van der Waals surface area contributed by atoms with Gasteiger partial charge in [-0.25, -0.2) is 0 Å². The average molecular weight is 287 g/mol. The maximum atomic E-state index is 12.4. The van der Waals surface area contributed by atoms with Gasteiger partial charge in [-0.1, -0.05) is 18.2 Å². The van der Waals surface area contributed by atoms with Gasteiger partial charge in [-0.2, -0.15) is 11.3 Å². The average Bonchev–Trinajstić information content (AvgIpc) is 2.84. The highest BCUT2D eigenvalue weighted by Crippen LogP contribution is 2.33. The Bertz CT molecular complexity index is 525. The minimum Gasteiger partial charge on any atom is -0.405 e. The third-order valence-electron chi connectivity index (χ3n) is 2.62. The summed E-state index contributed by atoms with van der Waals surface area (Å²) >= 11 is 1.49. The monoisotopic (exact) mass is 287 g/mol. The summed E-state index contributed by atoms with van der Waals surface area (Å²) in [6.07, 6.45) is -4.69. The molecule has 0 spiro atoms. The zero-order valence-electron chi connectivity index (χ0n) is 10.1. The van der Waals surface area contributed by atoms with Gasteiger partial charge in [-0.15, -0.1) is 13.2 Å². The van der Waals surface area contributed by atoms with Crippen LogP contribution in [0.3, 0.4) is 0 Å². The summed E-state index contributed by atoms with van der Waals surface area (Å²) in [7, 11) is 1.70. The Hall–Kier alpha value is -1.53. The second-order valence-electron chi connectivity index (χ2n) is 3.86. The zero-order valence-corrected chi connectivity index (χ0v) is 10.9. The first-order valence-corrected chi connectivity index (χ1v) is 6.49. The highest BCUT2D eigenvalue weighted by molar-refractivity contribution is 7.08. The predicted molar refractivity (Wildman–Crippen MR) is 68.3 cm³/mol. The molecule has 2 aromatic rings. The molecule has 0 saturated heterocycles. The zero-order chi connectivity index (χ0) is 13.9. The van der Waals surface area contributed by atoms with Crippen LogP contribution in [-0.2, 0) is 0 Å². The van der Waals surface area contributed by atoms with Crippen molar-refractivity contribution in [1.29, 1.82) is 0 Å². The highest BCUT2D eigenvalue weighted by atomic mass is 32.1. The fourth-order valence-electron chi connectivity index (χ4n) is 1.88. The van der Waals surface area contributed by atoms with Crippen LogP contribution in [0.2, 0.25) is 0 Å². The first-order valence-electron chi connectivity index (χ1n) is 5.55. The number of para-hydroxylation sites is 1. The minimum absolute atomic E-state index is 0.180. The molecule has 1 unspecified atom stereocenters. The van der Waals surface area contributed by atoms with E-state index < -0.39 is 6.36 Å². The number of halogens is 3. The van der Waals surface area contributed by atoms with Crippen LogP contribution < -0.4 is 10.1 Å². The normalized spacial score (nSPS) is 13.3. The van der Waals surface area contributed by atoms with Crippen LogP contribution in [0.15, 0.2) is 41.1 Å². The molecule has 1 N–H and O–H groups in total. The molecule has 0 saturated carbocycles. The van der Waals surface area contributed by atoms with Gasteiger partial charge in [0.2, 0.25) is 0 Å². The highest BCUT2D eigenvalue weighted by Gasteiger charge is 2.33. The van der Waals surface area contributed by atoms with Gasteiger partial charge in [0.25, 0.3) is 0 Å². The fraction of sp³-hybridized carbons (Fsp3) is 0.231. The van der Waals surface area contributed by atoms with E-state index in [4.69, 9.17) is 0 Å². The van der Waals surface area contributed by atoms with Crippen molar-refractivity contribution in [3.63, 3.8) is 0 Å². The molecule has 1 aromatic heterocycles. The molecule has 0 aliphatic heterocycles. The fourth-order valence-corrected chi connectivity index (χ4v) is 2.56. The van der Waals surface area contributed by atoms with Crippen LogP contribution in [0.1, 0.15) is 17.2 Å². The molecule has 19 heavy (non-hydrogen) atoms. The van der Waals surface area contributed by atoms with E-state index in [9.17, 15) is 13.2 Å². The number of thiophene rings is 1. The second-order valence-corrected chi connectivity index (χ2v) is 4.64. The number of rotatable bonds is 4. The van der Waals surface area contributed by atoms with E-state index in [0.717, 1.165) is 5.56 Å². The van der Waals surface area contributed by atoms with E-state index in [1.807, 2.05) is 16.8 Å². The maximum absolute atomic E-state index is 12.4. The number of nitrogens with one attached hydrogen (secondary N) is 1. The molecule has 1 aromatic carbocycles. The lowest BCUT2D eigenvalue weighted by atomic mass is 10.0. The summed E-state index contributed by atoms with van der Waals surface area (Å²) in [5.74, 6) is -0.180. The van der Waals surface area contributed by atoms with Crippen LogP contribution in [0.25, 0.3) is 0 Å². The molecule has 0 fully saturated rings. The Labute approximate surface area is 112 Å². The van der Waals surface area contributed by atoms with Crippen LogP contribution in [0, 0.1) is 0 Å². The molecule has 0 amide bonds. The molecule has 0 bridgehead atoms. The van der Waals surface area contributed by atoms with Crippen molar-refractivity contribution in [2.24, 2.45) is 0 Å². The molecule has 0 aliphatic carbocycles. The van der Waals surface area contributed by atoms with Gasteiger partial charge in [0.05, 0.1) is 6.04 Å². The van der Waals surface area contributed by atoms with Gasteiger partial charge in [0.15, 0.2) is 0 Å². The summed E-state index contributed by atoms with van der Waals surface area (Å²) in [4.78, 5) is 0. The van der Waals surface area contributed by atoms with Gasteiger partial charge in [0.1, 0.15) is 5.75 Å². The van der Waals surface area contributed by atoms with E-state index in [1.165, 1.54) is 23.5 Å². The van der Waals surface area contributed by atoms with Gasteiger partial charge in [0, 0.05) is 5.56 Å². The number of benzene rings is 1. The van der Waals surface area contributed by atoms with Crippen molar-refractivity contribution in [2.45, 2.75) is 12.4 Å². The van der Waals surface area contributed by atoms with Gasteiger partial charge >= 0.3 is 6.36 Å². The van der Waals surface area contributed by atoms with Crippen LogP contribution >= 0.6 is 11.3 Å². The van der Waals surface area contributed by atoms with Crippen LogP contribution in [0.4, 0.5) is 13.2 Å². The van der Waals surface area contributed by atoms with Crippen molar-refractivity contribution in [1.82, 2.24) is 5.32 Å². The Morgan fingerprint density at radius 1 is 1.21 bits per heavy atom. The SMILES string of the molecule is CNC(c1ccsc1)c1ccccc1OC(F)(F)F. The number of hydrogen-bond donors (Lipinski definition) is 1. The van der Waals surface area contributed by atoms with E-state index in [2.05, 4.69) is 10.1 Å². The number of alkyl halides is 3. The molecular weight excluding hydrogens is 275 g/mol. The number of ether oxygens (including phenoxy) is 1. The van der Waals surface area contributed by atoms with Crippen molar-refractivity contribution >= 4 is 11.3 Å². The maximum Gasteiger partial charge on any atom is 0.573 e. The summed E-state index contributed by atoms with van der Waals surface area (Å²) in [5.41, 5.74) is 1.37. The van der Waals surface area contributed by atoms with Crippen molar-refractivity contribution in [3.05, 3.63) is 52.2 Å². The summed E-state index contributed by atoms with van der Waals surface area (Å²) in [6.45, 7) is 0. The Kier molecular flexibility index (Phi) is 4.11. The predicted octanol–water partition coefficient (Wildman–Crippen LogP) is 3.96. The van der Waals surface area contributed by atoms with Crippen LogP contribution in [-0.4, -0.2) is 13.4 Å². The lowest BCUT2D eigenvalue weighted by molar-refractivity contribution is -0.275. The quantitative estimate of drug-likeness (QED) is 0.919. The number of hydrogen-bond acceptors (Lipinski definition) is 3. The lowest BCUT2D eigenvalue weighted by Crippen LogP contribution is -2.22. The van der Waals surface area contributed by atoms with Crippen molar-refractivity contribution < 1.29 is 17.9 Å². The Morgan fingerprint density at radius 3 is 2.53 bits per heavy atom. The van der Waals surface area contributed by atoms with E-state index in [0.29, 0.717) is 5.56 Å². The Morgan fingerprint density at radius 2 is 1.95 bits per heavy atom. The first-order chi connectivity index (χ1) is 9.01. The van der Waals surface area contributed by atoms with Gasteiger partial charge < -0.3 is 10.1 Å². The largest absolute Gasteiger partial charge is 0.573 e. The molecule has 2 nitrogen and oxygen atoms in total. The summed E-state index contributed by atoms with van der Waals surface area (Å²) in [5, 5.41) is 6.78. The molecular formula is C13H12F3NOS. The van der Waals surface area contributed by atoms with Crippen molar-refractivity contribution in [2.75, 3.05) is 7.05 Å². The molecule has 1 heterocycles. The van der Waals surface area contributed by atoms with Gasteiger partial charge in [-0.3, -0.25) is 0 Å². The first kappa shape index (κ1) is 13.9. The van der Waals surface area contributed by atoms with Crippen LogP contribution in [0.5, 0.6) is 5.75 Å². The second kappa shape index (κ2) is 5.63. The molecule has 1 atom stereocenters. The lowest BCUT2D eigenvalue weighted by Gasteiger charge is -2.20. The van der Waals surface area contributed by atoms with Crippen molar-refractivity contribution in [3.8, 4) is 5.75 Å². The molecule has 0 aliphatic rings. The topological polar surface area (TPSA) is 21.3 Å². The molecule has 102 valence electrons. The Balaban J connectivity index is 2.38. The standard InChI is InChI=1S/C13H12F3NOS/c1-17-12(9-6-7-19-8-9)10-4-2-3-5-11(10)18-13(14,15)16/h2-8,12,17H,1H3. The summed E-state index contributed by atoms with van der Waals surface area (Å²) in [6, 6.07) is 7.69.